The number of nitrogens with zero attached hydrogens (tertiary/aromatic N) is 4. The van der Waals surface area contributed by atoms with Crippen LogP contribution in [0.4, 0.5) is 5.82 Å². The minimum Gasteiger partial charge on any atom is -0.382 e. The van der Waals surface area contributed by atoms with E-state index in [1.165, 1.54) is 89.1 Å². The molecule has 9 nitrogen and oxygen atoms in total. The molecule has 0 radical (unpaired) electrons. The van der Waals surface area contributed by atoms with Crippen molar-refractivity contribution in [2.45, 2.75) is 109 Å². The number of fused-ring (bicyclic) bond motifs is 1. The van der Waals surface area contributed by atoms with Gasteiger partial charge in [0.05, 0.1) is 19.0 Å². The Morgan fingerprint density at radius 1 is 0.949 bits per heavy atom. The summed E-state index contributed by atoms with van der Waals surface area (Å²) in [6.45, 7) is 2.70. The van der Waals surface area contributed by atoms with Crippen molar-refractivity contribution in [2.24, 2.45) is 0 Å². The highest BCUT2D eigenvalue weighted by Gasteiger charge is 2.21. The van der Waals surface area contributed by atoms with Crippen LogP contribution in [-0.2, 0) is 24.9 Å². The Morgan fingerprint density at radius 3 is 2.28 bits per heavy atom. The predicted molar refractivity (Wildman–Crippen MR) is 161 cm³/mol. The fraction of sp³-hybridized carbons (Fsp3) is 0.750. The van der Waals surface area contributed by atoms with Crippen LogP contribution in [0.15, 0.2) is 12.7 Å². The molecule has 2 aromatic rings. The summed E-state index contributed by atoms with van der Waals surface area (Å²) in [7, 11) is -2.19. The molecular formula is C28H47N5O4PS+. The highest BCUT2D eigenvalue weighted by molar-refractivity contribution is 7.99. The van der Waals surface area contributed by atoms with Gasteiger partial charge in [0.1, 0.15) is 18.5 Å². The molecule has 2 rings (SSSR count). The number of hydrogen-bond acceptors (Lipinski definition) is 9. The van der Waals surface area contributed by atoms with Crippen LogP contribution in [0, 0.1) is 12.3 Å². The van der Waals surface area contributed by atoms with Crippen LogP contribution in [0.1, 0.15) is 96.8 Å². The van der Waals surface area contributed by atoms with Gasteiger partial charge >= 0.3 is 8.25 Å². The van der Waals surface area contributed by atoms with Crippen LogP contribution in [0.5, 0.6) is 0 Å². The number of rotatable bonds is 25. The Bertz CT molecular complexity index is 971. The van der Waals surface area contributed by atoms with Crippen LogP contribution in [0.2, 0.25) is 0 Å². The van der Waals surface area contributed by atoms with Gasteiger partial charge in [0.15, 0.2) is 11.5 Å². The van der Waals surface area contributed by atoms with Crippen molar-refractivity contribution in [3.63, 3.8) is 0 Å². The molecule has 2 aromatic heterocycles. The number of imidazole rings is 1. The van der Waals surface area contributed by atoms with E-state index in [-0.39, 0.29) is 12.9 Å². The molecule has 218 valence electrons. The van der Waals surface area contributed by atoms with E-state index in [0.29, 0.717) is 30.1 Å². The SMILES string of the molecule is C#CCCCCCCCCCCCCCCSCCCO[P+](=O)OCO[C@H](C)Cn1cnc2c(N)ncnc21. The normalized spacial score (nSPS) is 12.6. The van der Waals surface area contributed by atoms with Crippen LogP contribution < -0.4 is 5.73 Å². The summed E-state index contributed by atoms with van der Waals surface area (Å²) in [5.74, 6) is 5.24. The van der Waals surface area contributed by atoms with Crippen molar-refractivity contribution in [3.8, 4) is 12.3 Å². The van der Waals surface area contributed by atoms with Gasteiger partial charge in [0, 0.05) is 11.0 Å². The summed E-state index contributed by atoms with van der Waals surface area (Å²) < 4.78 is 29.8. The van der Waals surface area contributed by atoms with Crippen molar-refractivity contribution >= 4 is 37.0 Å². The minimum atomic E-state index is -2.19. The lowest BCUT2D eigenvalue weighted by Crippen LogP contribution is -2.17. The fourth-order valence-electron chi connectivity index (χ4n) is 4.19. The molecule has 2 heterocycles. The molecule has 0 saturated carbocycles. The number of hydrogen-bond donors (Lipinski definition) is 1. The second-order valence-corrected chi connectivity index (χ2v) is 12.0. The standard InChI is InChI=1S/C28H47N5O4PS/c1-3-4-5-6-7-8-9-10-11-12-13-14-15-16-19-39-20-17-18-36-38(34)37-24-35-25(2)21-33-23-32-26-27(29)30-22-31-28(26)33/h1,22-23,25H,4-21,24H2,2H3,(H2,29,30,31)/q+1/t25-/m1/s1. The number of anilines is 1. The first-order valence-corrected chi connectivity index (χ1v) is 16.6. The molecule has 2 atom stereocenters. The van der Waals surface area contributed by atoms with Gasteiger partial charge in [-0.15, -0.1) is 16.9 Å². The van der Waals surface area contributed by atoms with Crippen LogP contribution >= 0.6 is 20.0 Å². The molecule has 0 saturated heterocycles. The number of aromatic nitrogens is 4. The van der Waals surface area contributed by atoms with Crippen LogP contribution in [0.3, 0.4) is 0 Å². The quantitative estimate of drug-likeness (QED) is 0.0559. The first kappa shape index (κ1) is 33.4. The Kier molecular flexibility index (Phi) is 18.9. The molecule has 11 heteroatoms. The van der Waals surface area contributed by atoms with E-state index in [1.54, 1.807) is 6.33 Å². The highest BCUT2D eigenvalue weighted by atomic mass is 32.2. The third-order valence-corrected chi connectivity index (χ3v) is 8.25. The first-order chi connectivity index (χ1) is 19.1. The largest absolute Gasteiger partial charge is 0.699 e. The molecule has 0 aliphatic heterocycles. The van der Waals surface area contributed by atoms with E-state index in [1.807, 2.05) is 23.3 Å². The summed E-state index contributed by atoms with van der Waals surface area (Å²) in [5, 5.41) is 0. The van der Waals surface area contributed by atoms with Gasteiger partial charge in [-0.1, -0.05) is 68.7 Å². The zero-order valence-electron chi connectivity index (χ0n) is 23.6. The molecule has 39 heavy (non-hydrogen) atoms. The number of terminal acetylenes is 1. The van der Waals surface area contributed by atoms with Crippen LogP contribution in [0.25, 0.3) is 11.2 Å². The maximum absolute atomic E-state index is 11.9. The van der Waals surface area contributed by atoms with Gasteiger partial charge in [-0.2, -0.15) is 11.8 Å². The molecule has 0 spiro atoms. The number of thioether (sulfide) groups is 1. The topological polar surface area (TPSA) is 114 Å². The van der Waals surface area contributed by atoms with Crippen molar-refractivity contribution in [1.82, 2.24) is 19.5 Å². The van der Waals surface area contributed by atoms with Crippen molar-refractivity contribution in [2.75, 3.05) is 30.6 Å². The summed E-state index contributed by atoms with van der Waals surface area (Å²) in [6, 6.07) is 0. The predicted octanol–water partition coefficient (Wildman–Crippen LogP) is 7.29. The maximum atomic E-state index is 11.9. The van der Waals surface area contributed by atoms with E-state index in [4.69, 9.17) is 25.9 Å². The van der Waals surface area contributed by atoms with Crippen molar-refractivity contribution < 1.29 is 18.3 Å². The molecule has 0 fully saturated rings. The van der Waals surface area contributed by atoms with E-state index in [2.05, 4.69) is 20.9 Å². The van der Waals surface area contributed by atoms with E-state index in [9.17, 15) is 4.57 Å². The third-order valence-electron chi connectivity index (χ3n) is 6.38. The highest BCUT2D eigenvalue weighted by Crippen LogP contribution is 2.24. The first-order valence-electron chi connectivity index (χ1n) is 14.4. The summed E-state index contributed by atoms with van der Waals surface area (Å²) in [4.78, 5) is 12.4. The molecular weight excluding hydrogens is 533 g/mol. The third kappa shape index (κ3) is 15.6. The Balaban J connectivity index is 1.32. The molecule has 2 N–H and O–H groups in total. The van der Waals surface area contributed by atoms with Gasteiger partial charge < -0.3 is 15.0 Å². The number of ether oxygens (including phenoxy) is 1. The number of unbranched alkanes of at least 4 members (excludes halogenated alkanes) is 12. The molecule has 0 aromatic carbocycles. The number of nitrogen functional groups attached to an aromatic ring is 1. The van der Waals surface area contributed by atoms with Gasteiger partial charge in [-0.3, -0.25) is 0 Å². The smallest absolute Gasteiger partial charge is 0.382 e. The van der Waals surface area contributed by atoms with Crippen molar-refractivity contribution in [3.05, 3.63) is 12.7 Å². The van der Waals surface area contributed by atoms with Crippen molar-refractivity contribution in [1.29, 1.82) is 0 Å². The Hall–Kier alpha value is -1.76. The lowest BCUT2D eigenvalue weighted by atomic mass is 10.0. The van der Waals surface area contributed by atoms with E-state index < -0.39 is 8.25 Å². The zero-order valence-corrected chi connectivity index (χ0v) is 25.3. The second kappa shape index (κ2) is 22.0. The average molecular weight is 581 g/mol. The molecule has 0 aliphatic rings. The minimum absolute atomic E-state index is 0.109. The zero-order chi connectivity index (χ0) is 28.0. The van der Waals surface area contributed by atoms with Gasteiger partial charge in [0.2, 0.25) is 6.79 Å². The molecule has 0 aliphatic carbocycles. The lowest BCUT2D eigenvalue weighted by Gasteiger charge is -2.11. The number of nitrogens with two attached hydrogens (primary N) is 1. The lowest BCUT2D eigenvalue weighted by molar-refractivity contribution is -0.0367. The maximum Gasteiger partial charge on any atom is 0.699 e. The van der Waals surface area contributed by atoms with Gasteiger partial charge in [-0.25, -0.2) is 15.0 Å². The summed E-state index contributed by atoms with van der Waals surface area (Å²) in [5.41, 5.74) is 7.02. The molecule has 0 bridgehead atoms. The van der Waals surface area contributed by atoms with Gasteiger partial charge in [-0.05, 0) is 37.7 Å². The molecule has 0 amide bonds. The Labute approximate surface area is 239 Å². The fourth-order valence-corrected chi connectivity index (χ4v) is 5.62. The monoisotopic (exact) mass is 580 g/mol. The average Bonchev–Trinajstić information content (AvgIpc) is 3.33. The van der Waals surface area contributed by atoms with Gasteiger partial charge in [0.25, 0.3) is 0 Å². The van der Waals surface area contributed by atoms with Crippen LogP contribution in [-0.4, -0.2) is 50.5 Å². The summed E-state index contributed by atoms with van der Waals surface area (Å²) >= 11 is 1.94. The molecule has 1 unspecified atom stereocenters. The second-order valence-electron chi connectivity index (χ2n) is 9.77. The summed E-state index contributed by atoms with van der Waals surface area (Å²) in [6.07, 6.45) is 25.9. The van der Waals surface area contributed by atoms with E-state index in [0.717, 1.165) is 18.6 Å². The Morgan fingerprint density at radius 2 is 1.59 bits per heavy atom. The van der Waals surface area contributed by atoms with E-state index >= 15 is 0 Å².